The molecule has 1 aliphatic heterocycles. The minimum atomic E-state index is -0.121. The lowest BCUT2D eigenvalue weighted by molar-refractivity contribution is 0.0249. The van der Waals surface area contributed by atoms with Crippen molar-refractivity contribution in [2.24, 2.45) is 11.8 Å². The zero-order chi connectivity index (χ0) is 17.1. The van der Waals surface area contributed by atoms with Gasteiger partial charge in [-0.2, -0.15) is 0 Å². The van der Waals surface area contributed by atoms with Crippen molar-refractivity contribution >= 4 is 5.97 Å². The number of benzene rings is 1. The van der Waals surface area contributed by atoms with E-state index in [-0.39, 0.29) is 12.1 Å². The number of esters is 1. The third-order valence-electron chi connectivity index (χ3n) is 6.35. The molecule has 1 saturated carbocycles. The zero-order valence-electron chi connectivity index (χ0n) is 15.5. The maximum atomic E-state index is 12.3. The number of ether oxygens (including phenoxy) is 1. The summed E-state index contributed by atoms with van der Waals surface area (Å²) < 4.78 is 5.54. The van der Waals surface area contributed by atoms with Crippen LogP contribution in [-0.2, 0) is 11.2 Å². The van der Waals surface area contributed by atoms with Crippen LogP contribution in [0.2, 0.25) is 0 Å². The van der Waals surface area contributed by atoms with Crippen molar-refractivity contribution < 1.29 is 9.53 Å². The second kappa shape index (κ2) is 7.72. The maximum Gasteiger partial charge on any atom is 0.338 e. The van der Waals surface area contributed by atoms with E-state index >= 15 is 0 Å². The highest BCUT2D eigenvalue weighted by atomic mass is 16.5. The number of carbonyl (C=O) groups is 1. The van der Waals surface area contributed by atoms with Crippen LogP contribution in [-0.4, -0.2) is 12.1 Å². The van der Waals surface area contributed by atoms with Gasteiger partial charge in [-0.05, 0) is 54.2 Å². The molecule has 2 atom stereocenters. The lowest BCUT2D eigenvalue weighted by atomic mass is 9.73. The molecule has 2 unspecified atom stereocenters. The molecule has 0 spiro atoms. The second-order valence-electron chi connectivity index (χ2n) is 7.91. The molecule has 1 fully saturated rings. The van der Waals surface area contributed by atoms with E-state index in [1.54, 1.807) is 0 Å². The van der Waals surface area contributed by atoms with E-state index in [9.17, 15) is 4.79 Å². The summed E-state index contributed by atoms with van der Waals surface area (Å²) in [7, 11) is 0. The summed E-state index contributed by atoms with van der Waals surface area (Å²) in [6, 6.07) is 6.55. The van der Waals surface area contributed by atoms with E-state index in [4.69, 9.17) is 4.74 Å². The first-order valence-electron chi connectivity index (χ1n) is 9.96. The second-order valence-corrected chi connectivity index (χ2v) is 7.91. The van der Waals surface area contributed by atoms with Crippen molar-refractivity contribution in [1.82, 2.24) is 0 Å². The maximum absolute atomic E-state index is 12.3. The zero-order valence-corrected chi connectivity index (χ0v) is 15.5. The van der Waals surface area contributed by atoms with Crippen molar-refractivity contribution in [2.75, 3.05) is 0 Å². The van der Waals surface area contributed by atoms with Gasteiger partial charge in [-0.25, -0.2) is 4.79 Å². The summed E-state index contributed by atoms with van der Waals surface area (Å²) in [6.07, 6.45) is 9.97. The molecule has 2 heteroatoms. The van der Waals surface area contributed by atoms with Crippen molar-refractivity contribution in [3.63, 3.8) is 0 Å². The first-order chi connectivity index (χ1) is 11.6. The first kappa shape index (κ1) is 17.5. The predicted molar refractivity (Wildman–Crippen MR) is 98.4 cm³/mol. The molecule has 0 radical (unpaired) electrons. The molecule has 2 nitrogen and oxygen atoms in total. The molecular weight excluding hydrogens is 296 g/mol. The Kier molecular flexibility index (Phi) is 5.63. The molecule has 24 heavy (non-hydrogen) atoms. The molecule has 0 bridgehead atoms. The van der Waals surface area contributed by atoms with E-state index in [1.807, 2.05) is 0 Å². The van der Waals surface area contributed by atoms with Gasteiger partial charge in [-0.1, -0.05) is 58.6 Å². The highest BCUT2D eigenvalue weighted by Crippen LogP contribution is 2.40. The summed E-state index contributed by atoms with van der Waals surface area (Å²) in [5.74, 6) is 2.13. The smallest absolute Gasteiger partial charge is 0.338 e. The third kappa shape index (κ3) is 3.68. The first-order valence-corrected chi connectivity index (χ1v) is 9.96. The Hall–Kier alpha value is -1.31. The van der Waals surface area contributed by atoms with E-state index in [0.29, 0.717) is 5.92 Å². The van der Waals surface area contributed by atoms with Crippen molar-refractivity contribution in [1.29, 1.82) is 0 Å². The fraction of sp³-hybridized carbons (Fsp3) is 0.682. The minimum Gasteiger partial charge on any atom is -0.458 e. The van der Waals surface area contributed by atoms with Crippen molar-refractivity contribution in [3.8, 4) is 0 Å². The van der Waals surface area contributed by atoms with Crippen LogP contribution in [0.25, 0.3) is 0 Å². The van der Waals surface area contributed by atoms with Crippen LogP contribution in [0.3, 0.4) is 0 Å². The minimum absolute atomic E-state index is 0.0575. The fourth-order valence-electron chi connectivity index (χ4n) is 4.63. The third-order valence-corrected chi connectivity index (χ3v) is 6.35. The van der Waals surface area contributed by atoms with Gasteiger partial charge in [0.15, 0.2) is 0 Å². The Bertz CT molecular complexity index is 569. The SMILES string of the molecule is CCCC1CCC(C(C)c2ccc3c(c2)C(=O)OC(CC)C3)CC1. The van der Waals surface area contributed by atoms with Gasteiger partial charge in [0.1, 0.15) is 6.10 Å². The average molecular weight is 328 g/mol. The number of rotatable bonds is 5. The molecule has 0 N–H and O–H groups in total. The molecular formula is C22H32O2. The summed E-state index contributed by atoms with van der Waals surface area (Å²) in [6.45, 7) is 6.72. The highest BCUT2D eigenvalue weighted by Gasteiger charge is 2.29. The van der Waals surface area contributed by atoms with Crippen LogP contribution in [0.15, 0.2) is 18.2 Å². The molecule has 1 aromatic carbocycles. The van der Waals surface area contributed by atoms with Gasteiger partial charge in [-0.3, -0.25) is 0 Å². The lowest BCUT2D eigenvalue weighted by Gasteiger charge is -2.33. The van der Waals surface area contributed by atoms with Crippen LogP contribution in [0.4, 0.5) is 0 Å². The van der Waals surface area contributed by atoms with Crippen LogP contribution < -0.4 is 0 Å². The Morgan fingerprint density at radius 1 is 1.17 bits per heavy atom. The highest BCUT2D eigenvalue weighted by molar-refractivity contribution is 5.92. The molecule has 0 amide bonds. The van der Waals surface area contributed by atoms with Gasteiger partial charge in [-0.15, -0.1) is 0 Å². The van der Waals surface area contributed by atoms with Gasteiger partial charge in [0.25, 0.3) is 0 Å². The topological polar surface area (TPSA) is 26.3 Å². The Morgan fingerprint density at radius 2 is 1.92 bits per heavy atom. The van der Waals surface area contributed by atoms with Crippen molar-refractivity contribution in [2.45, 2.75) is 84.2 Å². The molecule has 0 aromatic heterocycles. The largest absolute Gasteiger partial charge is 0.458 e. The Balaban J connectivity index is 1.69. The average Bonchev–Trinajstić information content (AvgIpc) is 2.61. The van der Waals surface area contributed by atoms with Gasteiger partial charge < -0.3 is 4.74 Å². The van der Waals surface area contributed by atoms with Gasteiger partial charge >= 0.3 is 5.97 Å². The lowest BCUT2D eigenvalue weighted by Crippen LogP contribution is -2.27. The Morgan fingerprint density at radius 3 is 2.58 bits per heavy atom. The summed E-state index contributed by atoms with van der Waals surface area (Å²) >= 11 is 0. The van der Waals surface area contributed by atoms with E-state index in [1.165, 1.54) is 49.7 Å². The number of cyclic esters (lactones) is 1. The summed E-state index contributed by atoms with van der Waals surface area (Å²) in [5, 5.41) is 0. The van der Waals surface area contributed by atoms with Crippen LogP contribution in [0.1, 0.15) is 93.1 Å². The predicted octanol–water partition coefficient (Wildman–Crippen LogP) is 5.89. The standard InChI is InChI=1S/C22H32O2/c1-4-6-16-7-9-17(10-8-16)15(3)18-11-12-19-13-20(5-2)24-22(23)21(19)14-18/h11-12,14-17,20H,4-10,13H2,1-3H3. The number of carbonyl (C=O) groups excluding carboxylic acids is 1. The van der Waals surface area contributed by atoms with Gasteiger partial charge in [0, 0.05) is 6.42 Å². The normalized spacial score (nSPS) is 28.1. The van der Waals surface area contributed by atoms with E-state index < -0.39 is 0 Å². The number of fused-ring (bicyclic) bond motifs is 1. The van der Waals surface area contributed by atoms with E-state index in [0.717, 1.165) is 30.2 Å². The molecule has 1 aromatic rings. The van der Waals surface area contributed by atoms with Crippen LogP contribution in [0, 0.1) is 11.8 Å². The monoisotopic (exact) mass is 328 g/mol. The van der Waals surface area contributed by atoms with Crippen LogP contribution in [0.5, 0.6) is 0 Å². The number of hydrogen-bond donors (Lipinski definition) is 0. The van der Waals surface area contributed by atoms with Crippen LogP contribution >= 0.6 is 0 Å². The van der Waals surface area contributed by atoms with Crippen molar-refractivity contribution in [3.05, 3.63) is 34.9 Å². The molecule has 1 aliphatic carbocycles. The summed E-state index contributed by atoms with van der Waals surface area (Å²) in [5.41, 5.74) is 3.30. The summed E-state index contributed by atoms with van der Waals surface area (Å²) in [4.78, 5) is 12.3. The number of hydrogen-bond acceptors (Lipinski definition) is 2. The Labute approximate surface area is 147 Å². The van der Waals surface area contributed by atoms with Gasteiger partial charge in [0.05, 0.1) is 5.56 Å². The molecule has 132 valence electrons. The quantitative estimate of drug-likeness (QED) is 0.630. The molecule has 0 saturated heterocycles. The molecule has 1 heterocycles. The molecule has 2 aliphatic rings. The molecule has 3 rings (SSSR count). The van der Waals surface area contributed by atoms with E-state index in [2.05, 4.69) is 39.0 Å². The van der Waals surface area contributed by atoms with Gasteiger partial charge in [0.2, 0.25) is 0 Å². The fourth-order valence-corrected chi connectivity index (χ4v) is 4.63.